The molecule has 3 rings (SSSR count). The summed E-state index contributed by atoms with van der Waals surface area (Å²) in [6.45, 7) is 1.19. The first-order valence-corrected chi connectivity index (χ1v) is 8.91. The predicted octanol–water partition coefficient (Wildman–Crippen LogP) is 2.78. The molecule has 7 heteroatoms. The molecule has 1 aromatic heterocycles. The highest BCUT2D eigenvalue weighted by molar-refractivity contribution is 7.12. The molecule has 0 saturated carbocycles. The second-order valence-corrected chi connectivity index (χ2v) is 6.62. The summed E-state index contributed by atoms with van der Waals surface area (Å²) < 4.78 is 5.09. The molecule has 1 fully saturated rings. The molecule has 1 aliphatic rings. The van der Waals surface area contributed by atoms with Gasteiger partial charge < -0.3 is 15.0 Å². The molecule has 1 aromatic carbocycles. The zero-order chi connectivity index (χ0) is 17.6. The van der Waals surface area contributed by atoms with Gasteiger partial charge in [-0.25, -0.2) is 4.79 Å². The van der Waals surface area contributed by atoms with Gasteiger partial charge in [0.1, 0.15) is 0 Å². The largest absolute Gasteiger partial charge is 0.452 e. The van der Waals surface area contributed by atoms with Crippen molar-refractivity contribution in [1.29, 1.82) is 0 Å². The number of hydrogen-bond donors (Lipinski definition) is 1. The fourth-order valence-corrected chi connectivity index (χ4v) is 3.21. The highest BCUT2D eigenvalue weighted by Crippen LogP contribution is 2.16. The monoisotopic (exact) mass is 358 g/mol. The Balaban J connectivity index is 1.57. The lowest BCUT2D eigenvalue weighted by molar-refractivity contribution is -0.133. The van der Waals surface area contributed by atoms with Crippen LogP contribution in [0.2, 0.25) is 0 Å². The van der Waals surface area contributed by atoms with Crippen LogP contribution in [0.4, 0.5) is 5.69 Å². The molecule has 0 unspecified atom stereocenters. The topological polar surface area (TPSA) is 75.7 Å². The van der Waals surface area contributed by atoms with Gasteiger partial charge in [-0.05, 0) is 42.5 Å². The van der Waals surface area contributed by atoms with Crippen LogP contribution < -0.4 is 5.32 Å². The molecular weight excluding hydrogens is 340 g/mol. The van der Waals surface area contributed by atoms with Crippen LogP contribution in [-0.4, -0.2) is 42.4 Å². The lowest BCUT2D eigenvalue weighted by Crippen LogP contribution is -2.32. The SMILES string of the molecule is O=C(OCC(=O)N1CCCC1)c1cccc(NC(=O)c2cccs2)c1. The lowest BCUT2D eigenvalue weighted by atomic mass is 10.2. The molecule has 2 amide bonds. The van der Waals surface area contributed by atoms with Crippen molar-refractivity contribution in [3.63, 3.8) is 0 Å². The maximum Gasteiger partial charge on any atom is 0.338 e. The van der Waals surface area contributed by atoms with Crippen LogP contribution in [0.5, 0.6) is 0 Å². The van der Waals surface area contributed by atoms with Crippen molar-refractivity contribution in [2.75, 3.05) is 25.0 Å². The Morgan fingerprint density at radius 2 is 1.92 bits per heavy atom. The van der Waals surface area contributed by atoms with E-state index >= 15 is 0 Å². The number of nitrogens with zero attached hydrogens (tertiary/aromatic N) is 1. The van der Waals surface area contributed by atoms with Gasteiger partial charge in [0.15, 0.2) is 6.61 Å². The molecule has 130 valence electrons. The lowest BCUT2D eigenvalue weighted by Gasteiger charge is -2.15. The van der Waals surface area contributed by atoms with E-state index in [0.29, 0.717) is 16.1 Å². The van der Waals surface area contributed by atoms with E-state index in [4.69, 9.17) is 4.74 Å². The normalized spacial score (nSPS) is 13.5. The Hall–Kier alpha value is -2.67. The van der Waals surface area contributed by atoms with Crippen LogP contribution in [0.1, 0.15) is 32.9 Å². The van der Waals surface area contributed by atoms with Crippen molar-refractivity contribution >= 4 is 34.8 Å². The highest BCUT2D eigenvalue weighted by Gasteiger charge is 2.19. The van der Waals surface area contributed by atoms with Gasteiger partial charge >= 0.3 is 5.97 Å². The summed E-state index contributed by atoms with van der Waals surface area (Å²) in [4.78, 5) is 38.4. The summed E-state index contributed by atoms with van der Waals surface area (Å²) in [6.07, 6.45) is 1.98. The number of ether oxygens (including phenoxy) is 1. The fraction of sp³-hybridized carbons (Fsp3) is 0.278. The van der Waals surface area contributed by atoms with Crippen LogP contribution in [0.25, 0.3) is 0 Å². The number of carbonyl (C=O) groups is 3. The van der Waals surface area contributed by atoms with E-state index in [1.165, 1.54) is 17.4 Å². The Morgan fingerprint density at radius 3 is 2.64 bits per heavy atom. The van der Waals surface area contributed by atoms with Gasteiger partial charge in [-0.15, -0.1) is 11.3 Å². The first kappa shape index (κ1) is 17.2. The summed E-state index contributed by atoms with van der Waals surface area (Å²) in [5.74, 6) is -0.988. The number of rotatable bonds is 5. The van der Waals surface area contributed by atoms with Crippen molar-refractivity contribution in [1.82, 2.24) is 4.90 Å². The molecule has 2 heterocycles. The zero-order valence-electron chi connectivity index (χ0n) is 13.6. The van der Waals surface area contributed by atoms with Crippen molar-refractivity contribution in [3.8, 4) is 0 Å². The molecular formula is C18H18N2O4S. The third-order valence-electron chi connectivity index (χ3n) is 3.89. The minimum atomic E-state index is -0.584. The molecule has 1 N–H and O–H groups in total. The van der Waals surface area contributed by atoms with Gasteiger partial charge in [0.25, 0.3) is 11.8 Å². The first-order valence-electron chi connectivity index (χ1n) is 8.03. The van der Waals surface area contributed by atoms with Crippen molar-refractivity contribution in [2.24, 2.45) is 0 Å². The van der Waals surface area contributed by atoms with E-state index in [2.05, 4.69) is 5.32 Å². The second kappa shape index (κ2) is 7.94. The average Bonchev–Trinajstić information content (AvgIpc) is 3.33. The van der Waals surface area contributed by atoms with Gasteiger partial charge in [0.05, 0.1) is 10.4 Å². The molecule has 2 aromatic rings. The number of likely N-dealkylation sites (tertiary alicyclic amines) is 1. The molecule has 6 nitrogen and oxygen atoms in total. The molecule has 25 heavy (non-hydrogen) atoms. The minimum Gasteiger partial charge on any atom is -0.452 e. The van der Waals surface area contributed by atoms with E-state index in [0.717, 1.165) is 25.9 Å². The van der Waals surface area contributed by atoms with E-state index < -0.39 is 5.97 Å². The van der Waals surface area contributed by atoms with Crippen molar-refractivity contribution in [2.45, 2.75) is 12.8 Å². The van der Waals surface area contributed by atoms with E-state index in [-0.39, 0.29) is 18.4 Å². The first-order chi connectivity index (χ1) is 12.1. The number of hydrogen-bond acceptors (Lipinski definition) is 5. The number of thiophene rings is 1. The summed E-state index contributed by atoms with van der Waals surface area (Å²) >= 11 is 1.34. The summed E-state index contributed by atoms with van der Waals surface area (Å²) in [5, 5.41) is 4.56. The van der Waals surface area contributed by atoms with Gasteiger partial charge in [-0.3, -0.25) is 9.59 Å². The average molecular weight is 358 g/mol. The third-order valence-corrected chi connectivity index (χ3v) is 4.76. The Kier molecular flexibility index (Phi) is 5.45. The van der Waals surface area contributed by atoms with Gasteiger partial charge in [-0.1, -0.05) is 12.1 Å². The standard InChI is InChI=1S/C18H18N2O4S/c21-16(20-8-1-2-9-20)12-24-18(23)13-5-3-6-14(11-13)19-17(22)15-7-4-10-25-15/h3-7,10-11H,1-2,8-9,12H2,(H,19,22). The number of nitrogens with one attached hydrogen (secondary N) is 1. The molecule has 0 aliphatic carbocycles. The number of esters is 1. The fourth-order valence-electron chi connectivity index (χ4n) is 2.59. The van der Waals surface area contributed by atoms with Gasteiger partial charge in [-0.2, -0.15) is 0 Å². The number of benzene rings is 1. The smallest absolute Gasteiger partial charge is 0.338 e. The maximum atomic E-state index is 12.1. The molecule has 0 spiro atoms. The zero-order valence-corrected chi connectivity index (χ0v) is 14.4. The molecule has 0 bridgehead atoms. The van der Waals surface area contributed by atoms with Crippen molar-refractivity contribution < 1.29 is 19.1 Å². The number of anilines is 1. The Morgan fingerprint density at radius 1 is 1.12 bits per heavy atom. The summed E-state index contributed by atoms with van der Waals surface area (Å²) in [6, 6.07) is 9.99. The summed E-state index contributed by atoms with van der Waals surface area (Å²) in [7, 11) is 0. The van der Waals surface area contributed by atoms with Gasteiger partial charge in [0.2, 0.25) is 0 Å². The van der Waals surface area contributed by atoms with Gasteiger partial charge in [0, 0.05) is 18.8 Å². The maximum absolute atomic E-state index is 12.1. The Bertz CT molecular complexity index is 767. The number of amides is 2. The van der Waals surface area contributed by atoms with E-state index in [9.17, 15) is 14.4 Å². The Labute approximate surface area is 149 Å². The van der Waals surface area contributed by atoms with Crippen LogP contribution in [0.3, 0.4) is 0 Å². The van der Waals surface area contributed by atoms with Crippen molar-refractivity contribution in [3.05, 3.63) is 52.2 Å². The summed E-state index contributed by atoms with van der Waals surface area (Å²) in [5.41, 5.74) is 0.789. The van der Waals surface area contributed by atoms with E-state index in [1.807, 2.05) is 5.38 Å². The quantitative estimate of drug-likeness (QED) is 0.834. The van der Waals surface area contributed by atoms with Crippen LogP contribution in [0, 0.1) is 0 Å². The second-order valence-electron chi connectivity index (χ2n) is 5.68. The van der Waals surface area contributed by atoms with Crippen LogP contribution >= 0.6 is 11.3 Å². The third kappa shape index (κ3) is 4.45. The molecule has 0 atom stereocenters. The van der Waals surface area contributed by atoms with Crippen LogP contribution in [0.15, 0.2) is 41.8 Å². The highest BCUT2D eigenvalue weighted by atomic mass is 32.1. The predicted molar refractivity (Wildman–Crippen MR) is 94.8 cm³/mol. The molecule has 1 aliphatic heterocycles. The molecule has 0 radical (unpaired) electrons. The minimum absolute atomic E-state index is 0.173. The molecule has 1 saturated heterocycles. The van der Waals surface area contributed by atoms with Crippen LogP contribution in [-0.2, 0) is 9.53 Å². The van der Waals surface area contributed by atoms with E-state index in [1.54, 1.807) is 35.2 Å². The number of carbonyl (C=O) groups excluding carboxylic acids is 3.